The summed E-state index contributed by atoms with van der Waals surface area (Å²) in [6.45, 7) is 2.03. The molecule has 236 valence electrons. The van der Waals surface area contributed by atoms with Crippen molar-refractivity contribution in [3.8, 4) is 11.1 Å². The van der Waals surface area contributed by atoms with Crippen molar-refractivity contribution in [2.75, 3.05) is 24.3 Å². The average molecular weight is 626 g/mol. The van der Waals surface area contributed by atoms with Crippen molar-refractivity contribution in [1.29, 1.82) is 0 Å². The van der Waals surface area contributed by atoms with E-state index in [-0.39, 0.29) is 5.91 Å². The molecule has 2 aromatic carbocycles. The third-order valence-corrected chi connectivity index (χ3v) is 13.5. The summed E-state index contributed by atoms with van der Waals surface area (Å²) in [5.41, 5.74) is 4.26. The van der Waals surface area contributed by atoms with E-state index in [4.69, 9.17) is 0 Å². The highest BCUT2D eigenvalue weighted by Crippen LogP contribution is 2.53. The van der Waals surface area contributed by atoms with Gasteiger partial charge >= 0.3 is 5.97 Å². The number of thioether (sulfide) groups is 1. The van der Waals surface area contributed by atoms with Gasteiger partial charge in [-0.25, -0.2) is 4.79 Å². The third-order valence-electron chi connectivity index (χ3n) is 9.79. The highest BCUT2D eigenvalue weighted by Gasteiger charge is 2.28. The minimum absolute atomic E-state index is 0.366. The molecule has 4 rings (SSSR count). The van der Waals surface area contributed by atoms with Crippen LogP contribution in [0, 0.1) is 18.8 Å². The summed E-state index contributed by atoms with van der Waals surface area (Å²) < 4.78 is 14.8. The lowest BCUT2D eigenvalue weighted by molar-refractivity contribution is -0.139. The fourth-order valence-electron chi connectivity index (χ4n) is 7.10. The van der Waals surface area contributed by atoms with Crippen LogP contribution in [-0.4, -0.2) is 47.4 Å². The fraction of sp³-hybridized carbons (Fsp3) is 0.611. The second-order valence-electron chi connectivity index (χ2n) is 13.1. The van der Waals surface area contributed by atoms with Crippen LogP contribution in [0.1, 0.15) is 105 Å². The van der Waals surface area contributed by atoms with Crippen LogP contribution < -0.4 is 5.32 Å². The molecule has 1 atom stereocenters. The lowest BCUT2D eigenvalue weighted by Crippen LogP contribution is -2.41. The fourth-order valence-corrected chi connectivity index (χ4v) is 10.6. The molecule has 0 saturated heterocycles. The molecule has 0 heterocycles. The number of aryl methyl sites for hydroxylation is 1. The van der Waals surface area contributed by atoms with E-state index in [1.54, 1.807) is 11.8 Å². The van der Waals surface area contributed by atoms with E-state index in [1.165, 1.54) is 64.2 Å². The van der Waals surface area contributed by atoms with E-state index < -0.39 is 19.2 Å². The van der Waals surface area contributed by atoms with Crippen molar-refractivity contribution in [3.05, 3.63) is 59.2 Å². The molecule has 1 amide bonds. The van der Waals surface area contributed by atoms with Crippen LogP contribution in [0.5, 0.6) is 0 Å². The van der Waals surface area contributed by atoms with Gasteiger partial charge < -0.3 is 15.0 Å². The van der Waals surface area contributed by atoms with Crippen LogP contribution in [0.25, 0.3) is 11.1 Å². The first-order valence-electron chi connectivity index (χ1n) is 16.6. The molecule has 2 aliphatic rings. The van der Waals surface area contributed by atoms with Gasteiger partial charge in [-0.2, -0.15) is 11.8 Å². The quantitative estimate of drug-likeness (QED) is 0.193. The van der Waals surface area contributed by atoms with E-state index in [9.17, 15) is 19.3 Å². The zero-order chi connectivity index (χ0) is 30.7. The Kier molecular flexibility index (Phi) is 13.3. The van der Waals surface area contributed by atoms with Gasteiger partial charge in [0.05, 0.1) is 7.14 Å². The van der Waals surface area contributed by atoms with E-state index in [0.29, 0.717) is 35.7 Å². The Morgan fingerprint density at radius 2 is 1.51 bits per heavy atom. The molecule has 1 unspecified atom stereocenters. The van der Waals surface area contributed by atoms with E-state index in [1.807, 2.05) is 49.6 Å². The van der Waals surface area contributed by atoms with E-state index >= 15 is 0 Å². The van der Waals surface area contributed by atoms with Gasteiger partial charge in [-0.3, -0.25) is 4.79 Å². The zero-order valence-electron chi connectivity index (χ0n) is 26.3. The first-order chi connectivity index (χ1) is 20.8. The van der Waals surface area contributed by atoms with Crippen molar-refractivity contribution >= 4 is 30.8 Å². The molecule has 2 fully saturated rings. The largest absolute Gasteiger partial charge is 0.480 e. The smallest absolute Gasteiger partial charge is 0.326 e. The third kappa shape index (κ3) is 10.2. The molecule has 43 heavy (non-hydrogen) atoms. The number of carbonyl (C=O) groups excluding carboxylic acids is 1. The minimum Gasteiger partial charge on any atom is -0.480 e. The molecule has 0 aromatic heterocycles. The van der Waals surface area contributed by atoms with Gasteiger partial charge in [-0.05, 0) is 84.4 Å². The summed E-state index contributed by atoms with van der Waals surface area (Å²) in [5, 5.41) is 12.5. The van der Waals surface area contributed by atoms with Crippen molar-refractivity contribution in [2.24, 2.45) is 11.8 Å². The second-order valence-corrected chi connectivity index (χ2v) is 17.4. The van der Waals surface area contributed by atoms with Gasteiger partial charge in [-0.1, -0.05) is 94.5 Å². The molecule has 0 aliphatic heterocycles. The summed E-state index contributed by atoms with van der Waals surface area (Å²) in [4.78, 5) is 25.4. The Morgan fingerprint density at radius 1 is 0.907 bits per heavy atom. The van der Waals surface area contributed by atoms with Gasteiger partial charge in [0.2, 0.25) is 0 Å². The second kappa shape index (κ2) is 16.9. The summed E-state index contributed by atoms with van der Waals surface area (Å²) >= 11 is 1.56. The van der Waals surface area contributed by atoms with Crippen LogP contribution in [-0.2, 0) is 15.5 Å². The van der Waals surface area contributed by atoms with Crippen LogP contribution in [0.3, 0.4) is 0 Å². The van der Waals surface area contributed by atoms with Crippen molar-refractivity contribution in [2.45, 2.75) is 103 Å². The Balaban J connectivity index is 1.61. The maximum Gasteiger partial charge on any atom is 0.326 e. The summed E-state index contributed by atoms with van der Waals surface area (Å²) in [6, 6.07) is 12.9. The number of nitrogens with one attached hydrogen (secondary N) is 1. The van der Waals surface area contributed by atoms with Crippen molar-refractivity contribution in [1.82, 2.24) is 5.32 Å². The number of benzene rings is 2. The van der Waals surface area contributed by atoms with Gasteiger partial charge in [0.15, 0.2) is 0 Å². The summed E-state index contributed by atoms with van der Waals surface area (Å²) in [5.74, 6) is 0.666. The Hall–Kier alpha value is -2.04. The molecule has 0 spiro atoms. The average Bonchev–Trinajstić information content (AvgIpc) is 3.02. The SMILES string of the molecule is CSCCC(NC(=O)c1ccc(CP(=O)(CCC2CCCCC2)CCC2CCCCC2)cc1-c1ccccc1C)C(=O)O. The van der Waals surface area contributed by atoms with Gasteiger partial charge in [0.1, 0.15) is 6.04 Å². The Labute approximate surface area is 263 Å². The first kappa shape index (κ1) is 33.8. The Bertz CT molecular complexity index is 1230. The molecule has 2 aromatic rings. The van der Waals surface area contributed by atoms with Crippen molar-refractivity contribution < 1.29 is 19.3 Å². The van der Waals surface area contributed by atoms with Crippen LogP contribution in [0.2, 0.25) is 0 Å². The van der Waals surface area contributed by atoms with Gasteiger partial charge in [0, 0.05) is 24.0 Å². The zero-order valence-corrected chi connectivity index (χ0v) is 28.0. The monoisotopic (exact) mass is 625 g/mol. The first-order valence-corrected chi connectivity index (χ1v) is 20.2. The molecule has 2 N–H and O–H groups in total. The topological polar surface area (TPSA) is 83.5 Å². The maximum absolute atomic E-state index is 14.8. The molecule has 0 bridgehead atoms. The molecule has 5 nitrogen and oxygen atoms in total. The molecular formula is C36H52NO4PS. The molecule has 7 heteroatoms. The molecule has 2 aliphatic carbocycles. The highest BCUT2D eigenvalue weighted by atomic mass is 32.2. The van der Waals surface area contributed by atoms with Crippen LogP contribution >= 0.6 is 18.9 Å². The number of hydrogen-bond donors (Lipinski definition) is 2. The van der Waals surface area contributed by atoms with Crippen LogP contribution in [0.4, 0.5) is 0 Å². The van der Waals surface area contributed by atoms with Crippen molar-refractivity contribution in [3.63, 3.8) is 0 Å². The summed E-state index contributed by atoms with van der Waals surface area (Å²) in [6.07, 6.45) is 19.6. The number of aliphatic carboxylic acids is 1. The number of hydrogen-bond acceptors (Lipinski definition) is 4. The number of amides is 1. The predicted molar refractivity (Wildman–Crippen MR) is 182 cm³/mol. The van der Waals surface area contributed by atoms with Gasteiger partial charge in [0.25, 0.3) is 5.91 Å². The minimum atomic E-state index is -2.47. The number of carboxylic acid groups (broad SMARTS) is 1. The molecular weight excluding hydrogens is 573 g/mol. The normalized spacial score (nSPS) is 17.4. The molecule has 0 radical (unpaired) electrons. The lowest BCUT2D eigenvalue weighted by atomic mass is 9.87. The maximum atomic E-state index is 14.8. The van der Waals surface area contributed by atoms with E-state index in [2.05, 4.69) is 11.4 Å². The van der Waals surface area contributed by atoms with Crippen LogP contribution in [0.15, 0.2) is 42.5 Å². The summed E-state index contributed by atoms with van der Waals surface area (Å²) in [7, 11) is -2.47. The molecule has 2 saturated carbocycles. The van der Waals surface area contributed by atoms with E-state index in [0.717, 1.165) is 47.4 Å². The van der Waals surface area contributed by atoms with Gasteiger partial charge in [-0.15, -0.1) is 0 Å². The number of carboxylic acids is 1. The standard InChI is InChI=1S/C36H52NO4PS/c1-27-11-9-10-16-31(27)33-25-30(17-18-32(33)35(38)37-34(36(39)40)21-24-43-2)26-42(41,22-19-28-12-5-3-6-13-28)23-20-29-14-7-4-8-15-29/h9-11,16-18,25,28-29,34H,3-8,12-15,19-24,26H2,1-2H3,(H,37,38)(H,39,40). The highest BCUT2D eigenvalue weighted by molar-refractivity contribution is 7.98. The number of rotatable bonds is 15. The Morgan fingerprint density at radius 3 is 2.07 bits per heavy atom. The number of carbonyl (C=O) groups is 2. The lowest BCUT2D eigenvalue weighted by Gasteiger charge is -2.27. The predicted octanol–water partition coefficient (Wildman–Crippen LogP) is 9.40.